The van der Waals surface area contributed by atoms with E-state index in [1.807, 2.05) is 48.5 Å². The predicted octanol–water partition coefficient (Wildman–Crippen LogP) is 2.94. The van der Waals surface area contributed by atoms with Gasteiger partial charge in [0.2, 0.25) is 0 Å². The molecule has 0 aliphatic carbocycles. The average Bonchev–Trinajstić information content (AvgIpc) is 3.15. The Balaban J connectivity index is 2.00. The van der Waals surface area contributed by atoms with Gasteiger partial charge in [0.05, 0.1) is 0 Å². The summed E-state index contributed by atoms with van der Waals surface area (Å²) in [6.45, 7) is 0. The third-order valence-electron chi connectivity index (χ3n) is 3.75. The number of fused-ring (bicyclic) bond motifs is 1. The molecule has 6 nitrogen and oxygen atoms in total. The van der Waals surface area contributed by atoms with Crippen LogP contribution < -0.4 is 5.73 Å². The van der Waals surface area contributed by atoms with Gasteiger partial charge in [0, 0.05) is 18.0 Å². The van der Waals surface area contributed by atoms with Gasteiger partial charge in [0.25, 0.3) is 0 Å². The van der Waals surface area contributed by atoms with Crippen molar-refractivity contribution < 1.29 is 0 Å². The van der Waals surface area contributed by atoms with E-state index in [9.17, 15) is 5.26 Å². The summed E-state index contributed by atoms with van der Waals surface area (Å²) in [4.78, 5) is 8.75. The largest absolute Gasteiger partial charge is 0.381 e. The van der Waals surface area contributed by atoms with Crippen molar-refractivity contribution in [3.63, 3.8) is 0 Å². The Hall–Kier alpha value is -3.72. The van der Waals surface area contributed by atoms with Gasteiger partial charge >= 0.3 is 0 Å². The number of nitrogens with two attached hydrogens (primary N) is 1. The van der Waals surface area contributed by atoms with Crippen molar-refractivity contribution in [3.8, 4) is 23.1 Å². The molecule has 2 aromatic carbocycles. The van der Waals surface area contributed by atoms with Gasteiger partial charge in [-0.2, -0.15) is 10.4 Å². The lowest BCUT2D eigenvalue weighted by Gasteiger charge is -2.10. The molecule has 2 heterocycles. The standard InChI is InChI=1S/C18H12N6/c19-11-15-17(20)23-18(24-9-3-8-21-24)16(22-15)14-7-6-12-4-1-2-5-13(12)10-14/h1-10H,(H2,20,23). The molecule has 2 aromatic heterocycles. The van der Waals surface area contributed by atoms with Crippen molar-refractivity contribution in [3.05, 3.63) is 66.6 Å². The van der Waals surface area contributed by atoms with Crippen LogP contribution in [-0.2, 0) is 0 Å². The van der Waals surface area contributed by atoms with E-state index in [4.69, 9.17) is 5.73 Å². The summed E-state index contributed by atoms with van der Waals surface area (Å²) in [7, 11) is 0. The highest BCUT2D eigenvalue weighted by Crippen LogP contribution is 2.28. The summed E-state index contributed by atoms with van der Waals surface area (Å²) in [5.41, 5.74) is 7.36. The van der Waals surface area contributed by atoms with Gasteiger partial charge in [-0.1, -0.05) is 36.4 Å². The molecule has 0 fully saturated rings. The van der Waals surface area contributed by atoms with Crippen LogP contribution >= 0.6 is 0 Å². The fraction of sp³-hybridized carbons (Fsp3) is 0. The number of aromatic nitrogens is 4. The van der Waals surface area contributed by atoms with Gasteiger partial charge < -0.3 is 5.73 Å². The second-order valence-electron chi connectivity index (χ2n) is 5.25. The van der Waals surface area contributed by atoms with Crippen LogP contribution in [0.15, 0.2) is 60.9 Å². The number of hydrogen-bond acceptors (Lipinski definition) is 5. The molecule has 0 saturated heterocycles. The third kappa shape index (κ3) is 2.25. The first kappa shape index (κ1) is 13.9. The highest BCUT2D eigenvalue weighted by Gasteiger charge is 2.16. The highest BCUT2D eigenvalue weighted by atomic mass is 15.3. The SMILES string of the molecule is N#Cc1nc(-c2ccc3ccccc3c2)c(-n2cccn2)nc1N. The number of nitriles is 1. The minimum absolute atomic E-state index is 0.0903. The molecule has 0 saturated carbocycles. The number of hydrogen-bond donors (Lipinski definition) is 1. The molecule has 0 atom stereocenters. The molecule has 4 rings (SSSR count). The van der Waals surface area contributed by atoms with Crippen LogP contribution in [-0.4, -0.2) is 19.7 Å². The molecule has 24 heavy (non-hydrogen) atoms. The zero-order chi connectivity index (χ0) is 16.5. The fourth-order valence-corrected chi connectivity index (χ4v) is 2.61. The van der Waals surface area contributed by atoms with E-state index in [2.05, 4.69) is 15.1 Å². The number of nitrogen functional groups attached to an aromatic ring is 1. The summed E-state index contributed by atoms with van der Waals surface area (Å²) in [6, 6.07) is 17.8. The smallest absolute Gasteiger partial charge is 0.183 e. The maximum atomic E-state index is 9.23. The van der Waals surface area contributed by atoms with Gasteiger partial charge in [-0.3, -0.25) is 0 Å². The molecule has 0 aliphatic heterocycles. The lowest BCUT2D eigenvalue weighted by atomic mass is 10.0. The molecular weight excluding hydrogens is 300 g/mol. The Morgan fingerprint density at radius 1 is 1.00 bits per heavy atom. The normalized spacial score (nSPS) is 10.6. The van der Waals surface area contributed by atoms with E-state index in [-0.39, 0.29) is 11.5 Å². The second-order valence-corrected chi connectivity index (χ2v) is 5.25. The van der Waals surface area contributed by atoms with Gasteiger partial charge in [0.1, 0.15) is 11.8 Å². The molecular formula is C18H12N6. The minimum Gasteiger partial charge on any atom is -0.381 e. The molecule has 0 radical (unpaired) electrons. The lowest BCUT2D eigenvalue weighted by Crippen LogP contribution is -2.08. The van der Waals surface area contributed by atoms with E-state index >= 15 is 0 Å². The van der Waals surface area contributed by atoms with Crippen molar-refractivity contribution in [1.29, 1.82) is 5.26 Å². The first-order valence-electron chi connectivity index (χ1n) is 7.33. The molecule has 2 N–H and O–H groups in total. The zero-order valence-corrected chi connectivity index (χ0v) is 12.6. The molecule has 0 unspecified atom stereocenters. The van der Waals surface area contributed by atoms with Gasteiger partial charge in [-0.15, -0.1) is 0 Å². The Labute approximate surface area is 137 Å². The molecule has 0 spiro atoms. The molecule has 0 bridgehead atoms. The van der Waals surface area contributed by atoms with Crippen LogP contribution in [0, 0.1) is 11.3 Å². The second kappa shape index (κ2) is 5.48. The Morgan fingerprint density at radius 2 is 1.83 bits per heavy atom. The lowest BCUT2D eigenvalue weighted by molar-refractivity contribution is 0.842. The van der Waals surface area contributed by atoms with Crippen molar-refractivity contribution in [1.82, 2.24) is 19.7 Å². The van der Waals surface area contributed by atoms with Crippen LogP contribution in [0.25, 0.3) is 27.8 Å². The highest BCUT2D eigenvalue weighted by molar-refractivity contribution is 5.87. The summed E-state index contributed by atoms with van der Waals surface area (Å²) in [6.07, 6.45) is 3.42. The van der Waals surface area contributed by atoms with Gasteiger partial charge in [-0.25, -0.2) is 14.6 Å². The van der Waals surface area contributed by atoms with Crippen molar-refractivity contribution in [2.24, 2.45) is 0 Å². The van der Waals surface area contributed by atoms with E-state index in [1.165, 1.54) is 0 Å². The molecule has 114 valence electrons. The van der Waals surface area contributed by atoms with Crippen molar-refractivity contribution in [2.45, 2.75) is 0 Å². The van der Waals surface area contributed by atoms with Gasteiger partial charge in [0.15, 0.2) is 17.3 Å². The first-order chi connectivity index (χ1) is 11.8. The summed E-state index contributed by atoms with van der Waals surface area (Å²) < 4.78 is 1.59. The summed E-state index contributed by atoms with van der Waals surface area (Å²) in [5.74, 6) is 0.583. The predicted molar refractivity (Wildman–Crippen MR) is 91.2 cm³/mol. The zero-order valence-electron chi connectivity index (χ0n) is 12.6. The van der Waals surface area contributed by atoms with Crippen LogP contribution in [0.2, 0.25) is 0 Å². The monoisotopic (exact) mass is 312 g/mol. The average molecular weight is 312 g/mol. The third-order valence-corrected chi connectivity index (χ3v) is 3.75. The minimum atomic E-state index is 0.0903. The molecule has 0 amide bonds. The molecule has 6 heteroatoms. The van der Waals surface area contributed by atoms with E-state index < -0.39 is 0 Å². The maximum absolute atomic E-state index is 9.23. The topological polar surface area (TPSA) is 93.4 Å². The van der Waals surface area contributed by atoms with Crippen LogP contribution in [0.5, 0.6) is 0 Å². The van der Waals surface area contributed by atoms with E-state index in [0.717, 1.165) is 16.3 Å². The van der Waals surface area contributed by atoms with Gasteiger partial charge in [-0.05, 0) is 22.9 Å². The number of anilines is 1. The van der Waals surface area contributed by atoms with E-state index in [1.54, 1.807) is 23.1 Å². The summed E-state index contributed by atoms with van der Waals surface area (Å²) in [5, 5.41) is 15.6. The Kier molecular flexibility index (Phi) is 3.18. The first-order valence-corrected chi connectivity index (χ1v) is 7.33. The Bertz CT molecular complexity index is 1080. The van der Waals surface area contributed by atoms with Crippen molar-refractivity contribution >= 4 is 16.6 Å². The van der Waals surface area contributed by atoms with Crippen LogP contribution in [0.4, 0.5) is 5.82 Å². The van der Waals surface area contributed by atoms with Crippen molar-refractivity contribution in [2.75, 3.05) is 5.73 Å². The van der Waals surface area contributed by atoms with E-state index in [0.29, 0.717) is 11.5 Å². The molecule has 0 aliphatic rings. The molecule has 4 aromatic rings. The number of nitrogens with zero attached hydrogens (tertiary/aromatic N) is 5. The van der Waals surface area contributed by atoms with Crippen LogP contribution in [0.1, 0.15) is 5.69 Å². The Morgan fingerprint density at radius 3 is 2.58 bits per heavy atom. The number of rotatable bonds is 2. The number of benzene rings is 2. The fourth-order valence-electron chi connectivity index (χ4n) is 2.61. The van der Waals surface area contributed by atoms with Crippen LogP contribution in [0.3, 0.4) is 0 Å². The summed E-state index contributed by atoms with van der Waals surface area (Å²) >= 11 is 0. The maximum Gasteiger partial charge on any atom is 0.183 e. The quantitative estimate of drug-likeness (QED) is 0.614.